The normalized spacial score (nSPS) is 15.1. The minimum absolute atomic E-state index is 0.346. The number of nitrogens with two attached hydrogens (primary N) is 1. The Labute approximate surface area is 92.9 Å². The van der Waals surface area contributed by atoms with Crippen molar-refractivity contribution >= 4 is 11.3 Å². The lowest BCUT2D eigenvalue weighted by atomic mass is 9.97. The van der Waals surface area contributed by atoms with Crippen molar-refractivity contribution < 1.29 is 4.42 Å². The summed E-state index contributed by atoms with van der Waals surface area (Å²) in [5.41, 5.74) is 6.70. The zero-order valence-electron chi connectivity index (χ0n) is 8.86. The van der Waals surface area contributed by atoms with Crippen molar-refractivity contribution in [3.8, 4) is 10.8 Å². The molecule has 0 spiro atoms. The van der Waals surface area contributed by atoms with Gasteiger partial charge < -0.3 is 10.2 Å². The molecule has 2 aromatic heterocycles. The maximum absolute atomic E-state index is 6.12. The van der Waals surface area contributed by atoms with E-state index in [1.807, 2.05) is 24.4 Å². The molecule has 3 nitrogen and oxygen atoms in total. The Morgan fingerprint density at radius 3 is 3.00 bits per heavy atom. The summed E-state index contributed by atoms with van der Waals surface area (Å²) >= 11 is 1.56. The molecule has 4 heteroatoms. The van der Waals surface area contributed by atoms with Crippen molar-refractivity contribution in [1.82, 2.24) is 4.98 Å². The maximum atomic E-state index is 6.12. The monoisotopic (exact) mass is 222 g/mol. The van der Waals surface area contributed by atoms with Gasteiger partial charge in [-0.15, -0.1) is 11.3 Å². The van der Waals surface area contributed by atoms with Gasteiger partial charge in [-0.3, -0.25) is 0 Å². The zero-order valence-corrected chi connectivity index (χ0v) is 9.67. The molecule has 0 saturated heterocycles. The third-order valence-electron chi connectivity index (χ3n) is 2.56. The van der Waals surface area contributed by atoms with E-state index in [2.05, 4.69) is 11.9 Å². The van der Waals surface area contributed by atoms with E-state index in [0.717, 1.165) is 22.9 Å². The first-order valence-corrected chi connectivity index (χ1v) is 5.80. The number of rotatable bonds is 3. The van der Waals surface area contributed by atoms with Gasteiger partial charge in [-0.05, 0) is 25.5 Å². The van der Waals surface area contributed by atoms with Crippen molar-refractivity contribution in [2.75, 3.05) is 0 Å². The molecule has 0 aromatic carbocycles. The topological polar surface area (TPSA) is 52.0 Å². The molecular formula is C11H14N2OS. The standard InChI is InChI=1S/C11H14N2OS/c1-3-11(2,12)9-7-15-10(13-9)8-5-4-6-14-8/h4-7H,3,12H2,1-2H3. The molecule has 0 aliphatic heterocycles. The van der Waals surface area contributed by atoms with E-state index >= 15 is 0 Å². The van der Waals surface area contributed by atoms with Crippen LogP contribution in [0.25, 0.3) is 10.8 Å². The second-order valence-corrected chi connectivity index (χ2v) is 4.64. The third kappa shape index (κ3) is 1.96. The van der Waals surface area contributed by atoms with Crippen LogP contribution < -0.4 is 5.73 Å². The van der Waals surface area contributed by atoms with Gasteiger partial charge in [0.25, 0.3) is 0 Å². The fraction of sp³-hybridized carbons (Fsp3) is 0.364. The highest BCUT2D eigenvalue weighted by atomic mass is 32.1. The second-order valence-electron chi connectivity index (χ2n) is 3.79. The van der Waals surface area contributed by atoms with E-state index in [4.69, 9.17) is 10.2 Å². The molecule has 0 aliphatic rings. The first-order valence-electron chi connectivity index (χ1n) is 4.92. The fourth-order valence-corrected chi connectivity index (χ4v) is 2.16. The van der Waals surface area contributed by atoms with Crippen LogP contribution >= 0.6 is 11.3 Å². The summed E-state index contributed by atoms with van der Waals surface area (Å²) in [6, 6.07) is 3.76. The average molecular weight is 222 g/mol. The van der Waals surface area contributed by atoms with Crippen molar-refractivity contribution in [3.63, 3.8) is 0 Å². The molecule has 80 valence electrons. The molecule has 0 saturated carbocycles. The molecular weight excluding hydrogens is 208 g/mol. The zero-order chi connectivity index (χ0) is 10.9. The van der Waals surface area contributed by atoms with Crippen LogP contribution in [-0.4, -0.2) is 4.98 Å². The lowest BCUT2D eigenvalue weighted by Crippen LogP contribution is -2.32. The number of hydrogen-bond acceptors (Lipinski definition) is 4. The van der Waals surface area contributed by atoms with Crippen LogP contribution in [-0.2, 0) is 5.54 Å². The molecule has 0 radical (unpaired) electrons. The van der Waals surface area contributed by atoms with Gasteiger partial charge in [0.2, 0.25) is 0 Å². The summed E-state index contributed by atoms with van der Waals surface area (Å²) in [7, 11) is 0. The molecule has 2 aromatic rings. The van der Waals surface area contributed by atoms with Crippen molar-refractivity contribution in [2.24, 2.45) is 5.73 Å². The average Bonchev–Trinajstić information content (AvgIpc) is 2.88. The predicted molar refractivity (Wildman–Crippen MR) is 61.6 cm³/mol. The van der Waals surface area contributed by atoms with E-state index in [1.54, 1.807) is 17.6 Å². The fourth-order valence-electron chi connectivity index (χ4n) is 1.23. The van der Waals surface area contributed by atoms with Gasteiger partial charge >= 0.3 is 0 Å². The summed E-state index contributed by atoms with van der Waals surface area (Å²) in [5.74, 6) is 0.804. The van der Waals surface area contributed by atoms with Gasteiger partial charge in [0.15, 0.2) is 10.8 Å². The van der Waals surface area contributed by atoms with Gasteiger partial charge in [0.05, 0.1) is 17.5 Å². The Kier molecular flexibility index (Phi) is 2.63. The lowest BCUT2D eigenvalue weighted by Gasteiger charge is -2.19. The molecule has 1 unspecified atom stereocenters. The summed E-state index contributed by atoms with van der Waals surface area (Å²) in [4.78, 5) is 4.50. The molecule has 2 rings (SSSR count). The Balaban J connectivity index is 2.33. The number of nitrogens with zero attached hydrogens (tertiary/aromatic N) is 1. The summed E-state index contributed by atoms with van der Waals surface area (Å²) < 4.78 is 5.29. The van der Waals surface area contributed by atoms with E-state index < -0.39 is 0 Å². The van der Waals surface area contributed by atoms with E-state index in [9.17, 15) is 0 Å². The van der Waals surface area contributed by atoms with Gasteiger partial charge in [-0.25, -0.2) is 4.98 Å². The molecule has 2 N–H and O–H groups in total. The minimum atomic E-state index is -0.346. The van der Waals surface area contributed by atoms with Crippen LogP contribution in [0.4, 0.5) is 0 Å². The van der Waals surface area contributed by atoms with Gasteiger partial charge in [-0.2, -0.15) is 0 Å². The summed E-state index contributed by atoms with van der Waals surface area (Å²) in [6.07, 6.45) is 2.52. The summed E-state index contributed by atoms with van der Waals surface area (Å²) in [5, 5.41) is 2.89. The summed E-state index contributed by atoms with van der Waals surface area (Å²) in [6.45, 7) is 4.06. The molecule has 0 amide bonds. The molecule has 1 atom stereocenters. The van der Waals surface area contributed by atoms with Crippen LogP contribution in [0, 0.1) is 0 Å². The smallest absolute Gasteiger partial charge is 0.162 e. The van der Waals surface area contributed by atoms with E-state index in [-0.39, 0.29) is 5.54 Å². The molecule has 0 fully saturated rings. The van der Waals surface area contributed by atoms with Gasteiger partial charge in [-0.1, -0.05) is 6.92 Å². The first-order chi connectivity index (χ1) is 7.13. The SMILES string of the molecule is CCC(C)(N)c1csc(-c2ccco2)n1. The number of hydrogen-bond donors (Lipinski definition) is 1. The Bertz CT molecular complexity index is 431. The first kappa shape index (κ1) is 10.4. The highest BCUT2D eigenvalue weighted by Crippen LogP contribution is 2.29. The molecule has 0 bridgehead atoms. The van der Waals surface area contributed by atoms with Crippen LogP contribution in [0.1, 0.15) is 26.0 Å². The van der Waals surface area contributed by atoms with Gasteiger partial charge in [0.1, 0.15) is 0 Å². The lowest BCUT2D eigenvalue weighted by molar-refractivity contribution is 0.464. The van der Waals surface area contributed by atoms with Crippen LogP contribution in [0.15, 0.2) is 28.2 Å². The Hall–Kier alpha value is -1.13. The third-order valence-corrected chi connectivity index (χ3v) is 3.41. The maximum Gasteiger partial charge on any atom is 0.162 e. The van der Waals surface area contributed by atoms with Crippen molar-refractivity contribution in [1.29, 1.82) is 0 Å². The van der Waals surface area contributed by atoms with E-state index in [0.29, 0.717) is 0 Å². The van der Waals surface area contributed by atoms with Crippen LogP contribution in [0.5, 0.6) is 0 Å². The highest BCUT2D eigenvalue weighted by Gasteiger charge is 2.22. The minimum Gasteiger partial charge on any atom is -0.462 e. The van der Waals surface area contributed by atoms with Gasteiger partial charge in [0, 0.05) is 5.38 Å². The predicted octanol–water partition coefficient (Wildman–Crippen LogP) is 2.99. The Morgan fingerprint density at radius 1 is 1.60 bits per heavy atom. The number of furan rings is 1. The quantitative estimate of drug-likeness (QED) is 0.868. The largest absolute Gasteiger partial charge is 0.462 e. The number of thiazole rings is 1. The highest BCUT2D eigenvalue weighted by molar-refractivity contribution is 7.13. The molecule has 0 aliphatic carbocycles. The second kappa shape index (κ2) is 3.79. The van der Waals surface area contributed by atoms with Crippen molar-refractivity contribution in [2.45, 2.75) is 25.8 Å². The van der Waals surface area contributed by atoms with E-state index in [1.165, 1.54) is 0 Å². The van der Waals surface area contributed by atoms with Crippen molar-refractivity contribution in [3.05, 3.63) is 29.5 Å². The molecule has 15 heavy (non-hydrogen) atoms. The van der Waals surface area contributed by atoms with Crippen LogP contribution in [0.3, 0.4) is 0 Å². The van der Waals surface area contributed by atoms with Crippen LogP contribution in [0.2, 0.25) is 0 Å². The number of aromatic nitrogens is 1. The molecule has 2 heterocycles. The Morgan fingerprint density at radius 2 is 2.40 bits per heavy atom.